The summed E-state index contributed by atoms with van der Waals surface area (Å²) in [5.74, 6) is 0.206. The minimum atomic E-state index is -0.163. The molecule has 2 fully saturated rings. The number of hydrazine groups is 1. The van der Waals surface area contributed by atoms with E-state index in [0.29, 0.717) is 6.04 Å². The highest BCUT2D eigenvalue weighted by Crippen LogP contribution is 2.25. The fourth-order valence-corrected chi connectivity index (χ4v) is 4.30. The van der Waals surface area contributed by atoms with Crippen LogP contribution in [0.3, 0.4) is 0 Å². The first-order valence-electron chi connectivity index (χ1n) is 10.2. The molecule has 0 spiro atoms. The van der Waals surface area contributed by atoms with Crippen LogP contribution in [-0.4, -0.2) is 42.5 Å². The highest BCUT2D eigenvalue weighted by Gasteiger charge is 2.35. The van der Waals surface area contributed by atoms with Gasteiger partial charge in [-0.2, -0.15) is 0 Å². The maximum Gasteiger partial charge on any atom is 0.241 e. The molecule has 2 aliphatic rings. The molecule has 0 radical (unpaired) electrons. The van der Waals surface area contributed by atoms with Crippen molar-refractivity contribution in [2.24, 2.45) is 0 Å². The predicted molar refractivity (Wildman–Crippen MR) is 113 cm³/mol. The van der Waals surface area contributed by atoms with Crippen molar-refractivity contribution >= 4 is 11.6 Å². The van der Waals surface area contributed by atoms with E-state index in [0.717, 1.165) is 26.1 Å². The molecule has 3 atom stereocenters. The van der Waals surface area contributed by atoms with Gasteiger partial charge < -0.3 is 9.80 Å². The second-order valence-corrected chi connectivity index (χ2v) is 8.21. The number of hydrogen-bond acceptors (Lipinski definition) is 4. The summed E-state index contributed by atoms with van der Waals surface area (Å²) in [6.45, 7) is 8.82. The zero-order chi connectivity index (χ0) is 19.7. The van der Waals surface area contributed by atoms with Crippen molar-refractivity contribution in [1.29, 1.82) is 0 Å². The van der Waals surface area contributed by atoms with Gasteiger partial charge in [0.1, 0.15) is 6.04 Å². The van der Waals surface area contributed by atoms with E-state index in [9.17, 15) is 4.79 Å². The van der Waals surface area contributed by atoms with Crippen LogP contribution in [0.15, 0.2) is 48.5 Å². The Kier molecular flexibility index (Phi) is 5.38. The van der Waals surface area contributed by atoms with E-state index in [-0.39, 0.29) is 18.0 Å². The molecule has 2 aromatic rings. The lowest BCUT2D eigenvalue weighted by atomic mass is 10.00. The number of carbonyl (C=O) groups excluding carboxylic acids is 1. The van der Waals surface area contributed by atoms with Gasteiger partial charge in [0.05, 0.1) is 0 Å². The van der Waals surface area contributed by atoms with Crippen LogP contribution in [0.4, 0.5) is 5.69 Å². The molecule has 2 aromatic carbocycles. The number of anilines is 1. The minimum absolute atomic E-state index is 0.163. The quantitative estimate of drug-likeness (QED) is 0.862. The molecule has 2 saturated heterocycles. The third kappa shape index (κ3) is 3.91. The lowest BCUT2D eigenvalue weighted by Crippen LogP contribution is -2.57. The number of nitrogens with one attached hydrogen (secondary N) is 2. The summed E-state index contributed by atoms with van der Waals surface area (Å²) in [4.78, 5) is 17.5. The van der Waals surface area contributed by atoms with Crippen LogP contribution in [0.25, 0.3) is 0 Å². The van der Waals surface area contributed by atoms with Crippen molar-refractivity contribution in [3.63, 3.8) is 0 Å². The van der Waals surface area contributed by atoms with Gasteiger partial charge >= 0.3 is 0 Å². The molecule has 5 heteroatoms. The van der Waals surface area contributed by atoms with E-state index in [1.807, 2.05) is 4.90 Å². The number of benzene rings is 2. The van der Waals surface area contributed by atoms with E-state index in [1.54, 1.807) is 0 Å². The van der Waals surface area contributed by atoms with Crippen LogP contribution in [-0.2, 0) is 4.79 Å². The van der Waals surface area contributed by atoms with Crippen LogP contribution < -0.4 is 15.8 Å². The second kappa shape index (κ2) is 7.94. The Balaban J connectivity index is 1.36. The van der Waals surface area contributed by atoms with Crippen molar-refractivity contribution < 1.29 is 4.79 Å². The highest BCUT2D eigenvalue weighted by molar-refractivity contribution is 5.82. The normalized spacial score (nSPS) is 25.2. The second-order valence-electron chi connectivity index (χ2n) is 8.21. The van der Waals surface area contributed by atoms with Crippen LogP contribution in [0, 0.1) is 13.8 Å². The molecule has 2 aliphatic heterocycles. The molecule has 148 valence electrons. The van der Waals surface area contributed by atoms with E-state index >= 15 is 0 Å². The van der Waals surface area contributed by atoms with Crippen LogP contribution in [0.2, 0.25) is 0 Å². The van der Waals surface area contributed by atoms with Gasteiger partial charge in [-0.1, -0.05) is 42.0 Å². The molecule has 5 nitrogen and oxygen atoms in total. The Morgan fingerprint density at radius 1 is 1.00 bits per heavy atom. The third-order valence-corrected chi connectivity index (χ3v) is 5.95. The number of aryl methyl sites for hydroxylation is 2. The largest absolute Gasteiger partial charge is 0.365 e. The maximum atomic E-state index is 13.1. The summed E-state index contributed by atoms with van der Waals surface area (Å²) in [5.41, 5.74) is 11.5. The van der Waals surface area contributed by atoms with E-state index in [4.69, 9.17) is 0 Å². The maximum absolute atomic E-state index is 13.1. The zero-order valence-corrected chi connectivity index (χ0v) is 17.0. The fraction of sp³-hybridized carbons (Fsp3) is 0.435. The molecule has 0 saturated carbocycles. The smallest absolute Gasteiger partial charge is 0.241 e. The van der Waals surface area contributed by atoms with Crippen molar-refractivity contribution in [3.05, 3.63) is 65.2 Å². The Bertz CT molecular complexity index is 835. The monoisotopic (exact) mass is 378 g/mol. The number of piperazine rings is 1. The Labute approximate surface area is 167 Å². The molecule has 0 aromatic heterocycles. The Morgan fingerprint density at radius 2 is 1.79 bits per heavy atom. The van der Waals surface area contributed by atoms with Gasteiger partial charge in [-0.25, -0.2) is 10.9 Å². The van der Waals surface area contributed by atoms with E-state index in [2.05, 4.69) is 85.1 Å². The molecule has 0 aliphatic carbocycles. The van der Waals surface area contributed by atoms with Gasteiger partial charge in [0.15, 0.2) is 0 Å². The first-order chi connectivity index (χ1) is 13.5. The highest BCUT2D eigenvalue weighted by atomic mass is 16.2. The Hall–Kier alpha value is -2.37. The molecule has 4 rings (SSSR count). The van der Waals surface area contributed by atoms with Crippen LogP contribution in [0.5, 0.6) is 0 Å². The predicted octanol–water partition coefficient (Wildman–Crippen LogP) is 2.95. The summed E-state index contributed by atoms with van der Waals surface area (Å²) in [6.07, 6.45) is 0.786. The average Bonchev–Trinajstić information content (AvgIpc) is 3.18. The summed E-state index contributed by atoms with van der Waals surface area (Å²) in [6, 6.07) is 17.5. The number of hydrogen-bond donors (Lipinski definition) is 2. The number of nitrogens with zero attached hydrogens (tertiary/aromatic N) is 2. The van der Waals surface area contributed by atoms with Gasteiger partial charge in [0.2, 0.25) is 5.91 Å². The summed E-state index contributed by atoms with van der Waals surface area (Å²) in [5, 5.41) is 0. The van der Waals surface area contributed by atoms with E-state index in [1.165, 1.54) is 22.4 Å². The van der Waals surface area contributed by atoms with E-state index < -0.39 is 0 Å². The van der Waals surface area contributed by atoms with Gasteiger partial charge in [-0.05, 0) is 50.5 Å². The average molecular weight is 379 g/mol. The fourth-order valence-electron chi connectivity index (χ4n) is 4.30. The molecule has 2 N–H and O–H groups in total. The summed E-state index contributed by atoms with van der Waals surface area (Å²) in [7, 11) is 0. The first kappa shape index (κ1) is 19.0. The summed E-state index contributed by atoms with van der Waals surface area (Å²) >= 11 is 0. The van der Waals surface area contributed by atoms with Crippen molar-refractivity contribution in [2.45, 2.75) is 45.3 Å². The van der Waals surface area contributed by atoms with Gasteiger partial charge in [-0.3, -0.25) is 4.79 Å². The number of rotatable bonds is 3. The summed E-state index contributed by atoms with van der Waals surface area (Å²) < 4.78 is 0. The molecule has 1 amide bonds. The minimum Gasteiger partial charge on any atom is -0.365 e. The lowest BCUT2D eigenvalue weighted by Gasteiger charge is -2.42. The van der Waals surface area contributed by atoms with Crippen molar-refractivity contribution in [1.82, 2.24) is 15.8 Å². The lowest BCUT2D eigenvalue weighted by molar-refractivity contribution is -0.134. The molecular formula is C23H30N4O. The third-order valence-electron chi connectivity index (χ3n) is 5.95. The molecular weight excluding hydrogens is 348 g/mol. The van der Waals surface area contributed by atoms with Gasteiger partial charge in [0, 0.05) is 37.4 Å². The molecule has 28 heavy (non-hydrogen) atoms. The van der Waals surface area contributed by atoms with Gasteiger partial charge in [-0.15, -0.1) is 0 Å². The van der Waals surface area contributed by atoms with Crippen LogP contribution >= 0.6 is 0 Å². The molecule has 2 heterocycles. The van der Waals surface area contributed by atoms with Crippen molar-refractivity contribution in [2.75, 3.05) is 24.5 Å². The van der Waals surface area contributed by atoms with Crippen molar-refractivity contribution in [3.8, 4) is 0 Å². The zero-order valence-electron chi connectivity index (χ0n) is 17.0. The van der Waals surface area contributed by atoms with Gasteiger partial charge in [0.25, 0.3) is 0 Å². The number of carbonyl (C=O) groups is 1. The Morgan fingerprint density at radius 3 is 2.50 bits per heavy atom. The SMILES string of the molecule is Cc1ccc(C2CC(C(=O)N3CCN(c4cccc(C)c4)C(C)C3)NN2)cc1. The standard InChI is InChI=1S/C23H30N4O/c1-16-7-9-19(10-8-16)21-14-22(25-24-21)23(28)26-11-12-27(18(3)15-26)20-6-4-5-17(2)13-20/h4-10,13,18,21-22,24-25H,11-12,14-15H2,1-3H3. The first-order valence-corrected chi connectivity index (χ1v) is 10.2. The topological polar surface area (TPSA) is 47.6 Å². The number of amides is 1. The molecule has 0 bridgehead atoms. The van der Waals surface area contributed by atoms with Crippen LogP contribution in [0.1, 0.15) is 36.1 Å². The molecule has 3 unspecified atom stereocenters.